The Labute approximate surface area is 203 Å². The van der Waals surface area contributed by atoms with Crippen molar-refractivity contribution in [3.8, 4) is 11.3 Å². The van der Waals surface area contributed by atoms with E-state index in [9.17, 15) is 14.4 Å². The molecule has 0 amide bonds. The Hall–Kier alpha value is -4.13. The molecule has 4 rings (SSSR count). The second kappa shape index (κ2) is 9.62. The van der Waals surface area contributed by atoms with Gasteiger partial charge in [-0.1, -0.05) is 42.5 Å². The molecule has 3 aromatic rings. The Morgan fingerprint density at radius 1 is 0.943 bits per heavy atom. The van der Waals surface area contributed by atoms with E-state index in [1.165, 1.54) is 7.11 Å². The lowest BCUT2D eigenvalue weighted by molar-refractivity contribution is -0.139. The number of nitrogens with one attached hydrogen (secondary N) is 1. The summed E-state index contributed by atoms with van der Waals surface area (Å²) in [4.78, 5) is 39.5. The second-order valence-corrected chi connectivity index (χ2v) is 8.32. The minimum absolute atomic E-state index is 0.167. The van der Waals surface area contributed by atoms with Gasteiger partial charge in [-0.2, -0.15) is 0 Å². The van der Waals surface area contributed by atoms with Gasteiger partial charge >= 0.3 is 11.9 Å². The lowest BCUT2D eigenvalue weighted by Gasteiger charge is -2.30. The third-order valence-electron chi connectivity index (χ3n) is 6.18. The number of methoxy groups -OCH3 is 1. The van der Waals surface area contributed by atoms with Crippen molar-refractivity contribution >= 4 is 22.9 Å². The van der Waals surface area contributed by atoms with Crippen LogP contribution in [-0.4, -0.2) is 25.7 Å². The van der Waals surface area contributed by atoms with E-state index < -0.39 is 17.9 Å². The molecule has 2 heterocycles. The average Bonchev–Trinajstić information content (AvgIpc) is 2.85. The molecule has 0 fully saturated rings. The minimum Gasteiger partial charge on any atom is -0.466 e. The maximum Gasteiger partial charge on any atom is 0.336 e. The molecule has 0 bridgehead atoms. The molecular weight excluding hydrogens is 446 g/mol. The summed E-state index contributed by atoms with van der Waals surface area (Å²) in [5.74, 6) is -1.58. The quantitative estimate of drug-likeness (QED) is 0.535. The number of benzene rings is 2. The maximum atomic E-state index is 13.4. The predicted molar refractivity (Wildman–Crippen MR) is 133 cm³/mol. The van der Waals surface area contributed by atoms with Gasteiger partial charge in [-0.25, -0.2) is 9.59 Å². The van der Waals surface area contributed by atoms with Crippen molar-refractivity contribution < 1.29 is 23.5 Å². The minimum atomic E-state index is -0.860. The number of ether oxygens (including phenoxy) is 2. The highest BCUT2D eigenvalue weighted by molar-refractivity contribution is 6.01. The van der Waals surface area contributed by atoms with E-state index in [4.69, 9.17) is 13.9 Å². The standard InChI is InChI=1S/C28H27NO6/c1-6-34-28(32)22-17(4)29-16(3)21(27(31)33-5)23(22)19-13-10-14-20-24(30)15(2)25(35-26(19)20)18-11-8-7-9-12-18/h7-14,23,29H,6H2,1-5H3. The average molecular weight is 474 g/mol. The van der Waals surface area contributed by atoms with E-state index in [-0.39, 0.29) is 23.2 Å². The van der Waals surface area contributed by atoms with Gasteiger partial charge < -0.3 is 19.2 Å². The van der Waals surface area contributed by atoms with Gasteiger partial charge in [0.15, 0.2) is 5.43 Å². The lowest BCUT2D eigenvalue weighted by atomic mass is 9.79. The summed E-state index contributed by atoms with van der Waals surface area (Å²) < 4.78 is 16.8. The highest BCUT2D eigenvalue weighted by Crippen LogP contribution is 2.42. The summed E-state index contributed by atoms with van der Waals surface area (Å²) in [6.07, 6.45) is 0. The molecule has 0 saturated heterocycles. The van der Waals surface area contributed by atoms with Crippen LogP contribution in [0.5, 0.6) is 0 Å². The molecule has 2 aromatic carbocycles. The molecule has 1 atom stereocenters. The van der Waals surface area contributed by atoms with Crippen LogP contribution in [0.4, 0.5) is 0 Å². The summed E-state index contributed by atoms with van der Waals surface area (Å²) in [6, 6.07) is 14.5. The summed E-state index contributed by atoms with van der Waals surface area (Å²) in [7, 11) is 1.29. The molecule has 35 heavy (non-hydrogen) atoms. The maximum absolute atomic E-state index is 13.4. The van der Waals surface area contributed by atoms with Crippen LogP contribution in [0.25, 0.3) is 22.3 Å². The van der Waals surface area contributed by atoms with Crippen molar-refractivity contribution in [1.29, 1.82) is 0 Å². The molecule has 1 aliphatic heterocycles. The fourth-order valence-electron chi connectivity index (χ4n) is 4.59. The Kier molecular flexibility index (Phi) is 6.60. The number of rotatable bonds is 5. The lowest BCUT2D eigenvalue weighted by Crippen LogP contribution is -2.32. The van der Waals surface area contributed by atoms with Gasteiger partial charge in [0, 0.05) is 28.1 Å². The first kappa shape index (κ1) is 24.0. The van der Waals surface area contributed by atoms with Gasteiger partial charge in [0.25, 0.3) is 0 Å². The highest BCUT2D eigenvalue weighted by atomic mass is 16.5. The van der Waals surface area contributed by atoms with Crippen molar-refractivity contribution in [2.45, 2.75) is 33.6 Å². The molecule has 0 saturated carbocycles. The fourth-order valence-corrected chi connectivity index (χ4v) is 4.59. The van der Waals surface area contributed by atoms with E-state index in [1.54, 1.807) is 45.9 Å². The number of fused-ring (bicyclic) bond motifs is 1. The summed E-state index contributed by atoms with van der Waals surface area (Å²) in [5, 5.41) is 3.47. The van der Waals surface area contributed by atoms with E-state index in [0.29, 0.717) is 39.3 Å². The zero-order valence-electron chi connectivity index (χ0n) is 20.4. The molecule has 7 nitrogen and oxygen atoms in total. The zero-order chi connectivity index (χ0) is 25.3. The van der Waals surface area contributed by atoms with Gasteiger partial charge in [0.1, 0.15) is 11.3 Å². The SMILES string of the molecule is CCOC(=O)C1=C(C)NC(C)=C(C(=O)OC)C1c1cccc2c(=O)c(C)c(-c3ccccc3)oc12. The smallest absolute Gasteiger partial charge is 0.336 e. The molecule has 1 unspecified atom stereocenters. The van der Waals surface area contributed by atoms with E-state index >= 15 is 0 Å². The number of dihydropyridines is 1. The van der Waals surface area contributed by atoms with Crippen LogP contribution in [0.1, 0.15) is 37.8 Å². The number of carbonyl (C=O) groups is 2. The Balaban J connectivity index is 2.08. The number of para-hydroxylation sites is 1. The number of hydrogen-bond donors (Lipinski definition) is 1. The van der Waals surface area contributed by atoms with Crippen LogP contribution in [0, 0.1) is 6.92 Å². The molecule has 1 aromatic heterocycles. The monoisotopic (exact) mass is 473 g/mol. The van der Waals surface area contributed by atoms with Crippen LogP contribution in [0.2, 0.25) is 0 Å². The normalized spacial score (nSPS) is 15.7. The molecule has 1 aliphatic rings. The topological polar surface area (TPSA) is 94.8 Å². The Bertz CT molecular complexity index is 1450. The van der Waals surface area contributed by atoms with Gasteiger partial charge in [-0.3, -0.25) is 4.79 Å². The number of carbonyl (C=O) groups excluding carboxylic acids is 2. The van der Waals surface area contributed by atoms with Crippen molar-refractivity contribution in [2.75, 3.05) is 13.7 Å². The molecule has 0 radical (unpaired) electrons. The van der Waals surface area contributed by atoms with Gasteiger partial charge in [-0.05, 0) is 33.8 Å². The number of hydrogen-bond acceptors (Lipinski definition) is 7. The first-order valence-electron chi connectivity index (χ1n) is 11.4. The molecular formula is C28H27NO6. The first-order chi connectivity index (χ1) is 16.8. The van der Waals surface area contributed by atoms with Crippen LogP contribution in [0.15, 0.2) is 80.3 Å². The van der Waals surface area contributed by atoms with E-state index in [0.717, 1.165) is 5.56 Å². The molecule has 1 N–H and O–H groups in total. The van der Waals surface area contributed by atoms with Crippen molar-refractivity contribution in [2.24, 2.45) is 0 Å². The van der Waals surface area contributed by atoms with Crippen molar-refractivity contribution in [3.63, 3.8) is 0 Å². The summed E-state index contributed by atoms with van der Waals surface area (Å²) in [6.45, 7) is 7.10. The van der Waals surface area contributed by atoms with Gasteiger partial charge in [0.2, 0.25) is 0 Å². The Morgan fingerprint density at radius 2 is 1.60 bits per heavy atom. The van der Waals surface area contributed by atoms with Gasteiger partial charge in [0.05, 0.1) is 36.2 Å². The third-order valence-corrected chi connectivity index (χ3v) is 6.18. The molecule has 0 spiro atoms. The number of allylic oxidation sites excluding steroid dienone is 2. The van der Waals surface area contributed by atoms with E-state index in [1.807, 2.05) is 30.3 Å². The largest absolute Gasteiger partial charge is 0.466 e. The second-order valence-electron chi connectivity index (χ2n) is 8.32. The number of esters is 2. The first-order valence-corrected chi connectivity index (χ1v) is 11.4. The highest BCUT2D eigenvalue weighted by Gasteiger charge is 2.39. The van der Waals surface area contributed by atoms with Crippen molar-refractivity contribution in [3.05, 3.63) is 92.4 Å². The summed E-state index contributed by atoms with van der Waals surface area (Å²) in [5.41, 5.74) is 3.45. The van der Waals surface area contributed by atoms with E-state index in [2.05, 4.69) is 5.32 Å². The van der Waals surface area contributed by atoms with Crippen LogP contribution in [0.3, 0.4) is 0 Å². The zero-order valence-corrected chi connectivity index (χ0v) is 20.4. The van der Waals surface area contributed by atoms with Crippen LogP contribution in [-0.2, 0) is 19.1 Å². The Morgan fingerprint density at radius 3 is 2.23 bits per heavy atom. The molecule has 7 heteroatoms. The molecule has 180 valence electrons. The molecule has 0 aliphatic carbocycles. The van der Waals surface area contributed by atoms with Crippen molar-refractivity contribution in [1.82, 2.24) is 5.32 Å². The fraction of sp³-hybridized carbons (Fsp3) is 0.250. The van der Waals surface area contributed by atoms with Crippen LogP contribution < -0.4 is 10.7 Å². The third kappa shape index (κ3) is 4.14. The predicted octanol–water partition coefficient (Wildman–Crippen LogP) is 4.74. The van der Waals surface area contributed by atoms with Crippen LogP contribution >= 0.6 is 0 Å². The summed E-state index contributed by atoms with van der Waals surface area (Å²) >= 11 is 0. The van der Waals surface area contributed by atoms with Gasteiger partial charge in [-0.15, -0.1) is 0 Å².